The molecule has 5 aromatic rings. The van der Waals surface area contributed by atoms with Gasteiger partial charge < -0.3 is 19.5 Å². The Bertz CT molecular complexity index is 2650. The number of aromatic hydroxyl groups is 1. The number of benzene rings is 3. The van der Waals surface area contributed by atoms with E-state index in [1.165, 1.54) is 16.9 Å². The number of rotatable bonds is 6. The fourth-order valence-corrected chi connectivity index (χ4v) is 11.9. The molecule has 5 aliphatic rings. The molecule has 5 heterocycles. The topological polar surface area (TPSA) is 135 Å². The smallest absolute Gasteiger partial charge is 0.242 e. The van der Waals surface area contributed by atoms with E-state index in [0.29, 0.717) is 47.4 Å². The van der Waals surface area contributed by atoms with Crippen molar-refractivity contribution >= 4 is 73.8 Å². The normalized spacial score (nSPS) is 26.7. The largest absolute Gasteiger partial charge is 0.504 e. The molecule has 3 saturated heterocycles. The summed E-state index contributed by atoms with van der Waals surface area (Å²) < 4.78 is 13.5. The van der Waals surface area contributed by atoms with Crippen LogP contribution in [-0.4, -0.2) is 71.9 Å². The minimum Gasteiger partial charge on any atom is -0.504 e. The number of amides is 4. The molecule has 12 nitrogen and oxygen atoms in total. The van der Waals surface area contributed by atoms with Crippen molar-refractivity contribution in [3.8, 4) is 22.1 Å². The van der Waals surface area contributed by atoms with E-state index in [1.54, 1.807) is 41.3 Å². The van der Waals surface area contributed by atoms with Crippen molar-refractivity contribution in [2.45, 2.75) is 32.6 Å². The van der Waals surface area contributed by atoms with Crippen LogP contribution in [0, 0.1) is 36.0 Å². The third-order valence-electron chi connectivity index (χ3n) is 13.5. The second-order valence-electron chi connectivity index (χ2n) is 16.4. The number of methoxy groups -OCH3 is 1. The monoisotopic (exact) mass is 831 g/mol. The van der Waals surface area contributed by atoms with Gasteiger partial charge in [0.15, 0.2) is 11.5 Å². The van der Waals surface area contributed by atoms with Crippen molar-refractivity contribution in [3.63, 3.8) is 0 Å². The van der Waals surface area contributed by atoms with Gasteiger partial charge in [-0.1, -0.05) is 29.3 Å². The number of hydrogen-bond donors (Lipinski definition) is 1. The molecule has 6 atom stereocenters. The number of phenols is 1. The van der Waals surface area contributed by atoms with Gasteiger partial charge in [-0.2, -0.15) is 5.10 Å². The molecule has 0 radical (unpaired) electrons. The van der Waals surface area contributed by atoms with Crippen molar-refractivity contribution in [1.29, 1.82) is 0 Å². The van der Waals surface area contributed by atoms with Crippen LogP contribution in [0.15, 0.2) is 78.4 Å². The number of thiophene rings is 1. The van der Waals surface area contributed by atoms with Crippen LogP contribution in [0.5, 0.6) is 11.5 Å². The van der Waals surface area contributed by atoms with Gasteiger partial charge in [0.2, 0.25) is 23.6 Å². The van der Waals surface area contributed by atoms with Crippen molar-refractivity contribution in [2.24, 2.45) is 36.1 Å². The lowest BCUT2D eigenvalue weighted by molar-refractivity contribution is -0.131. The molecular formula is C45H42ClN5O7S. The van der Waals surface area contributed by atoms with Crippen LogP contribution >= 0.6 is 22.9 Å². The lowest BCUT2D eigenvalue weighted by Crippen LogP contribution is -2.48. The molecular weight excluding hydrogens is 790 g/mol. The van der Waals surface area contributed by atoms with Crippen molar-refractivity contribution < 1.29 is 33.8 Å². The number of allylic oxidation sites excluding steroid dienone is 2. The van der Waals surface area contributed by atoms with Gasteiger partial charge >= 0.3 is 0 Å². The second-order valence-corrected chi connectivity index (χ2v) is 17.9. The van der Waals surface area contributed by atoms with Gasteiger partial charge in [0, 0.05) is 47.5 Å². The van der Waals surface area contributed by atoms with Gasteiger partial charge in [0.05, 0.1) is 54.1 Å². The summed E-state index contributed by atoms with van der Waals surface area (Å²) >= 11 is 7.91. The van der Waals surface area contributed by atoms with Crippen LogP contribution in [0.25, 0.3) is 20.7 Å². The minimum atomic E-state index is -1.30. The first-order valence-corrected chi connectivity index (χ1v) is 21.1. The number of hydrogen-bond acceptors (Lipinski definition) is 10. The molecule has 4 amide bonds. The number of aryl methyl sites for hydroxylation is 2. The van der Waals surface area contributed by atoms with E-state index in [1.807, 2.05) is 68.5 Å². The van der Waals surface area contributed by atoms with E-state index >= 15 is 4.79 Å². The Morgan fingerprint density at radius 3 is 2.39 bits per heavy atom. The van der Waals surface area contributed by atoms with Crippen LogP contribution in [0.2, 0.25) is 5.02 Å². The van der Waals surface area contributed by atoms with E-state index < -0.39 is 35.0 Å². The highest BCUT2D eigenvalue weighted by atomic mass is 35.5. The molecule has 302 valence electrons. The summed E-state index contributed by atoms with van der Waals surface area (Å²) in [6.07, 6.45) is 2.51. The summed E-state index contributed by atoms with van der Waals surface area (Å²) in [6.45, 7) is 6.63. The van der Waals surface area contributed by atoms with Crippen molar-refractivity contribution in [3.05, 3.63) is 94.5 Å². The van der Waals surface area contributed by atoms with Crippen molar-refractivity contribution in [1.82, 2.24) is 9.78 Å². The molecule has 3 aliphatic heterocycles. The first-order valence-electron chi connectivity index (χ1n) is 19.9. The average Bonchev–Trinajstić information content (AvgIpc) is 3.91. The molecule has 14 heteroatoms. The second kappa shape index (κ2) is 13.8. The quantitative estimate of drug-likeness (QED) is 0.139. The Hall–Kier alpha value is -5.50. The third kappa shape index (κ3) is 5.54. The van der Waals surface area contributed by atoms with Crippen LogP contribution in [0.3, 0.4) is 0 Å². The summed E-state index contributed by atoms with van der Waals surface area (Å²) in [5, 5.41) is 17.5. The van der Waals surface area contributed by atoms with Gasteiger partial charge in [-0.15, -0.1) is 11.3 Å². The highest BCUT2D eigenvalue weighted by Gasteiger charge is 2.68. The number of morpholine rings is 1. The first kappa shape index (κ1) is 37.7. The third-order valence-corrected chi connectivity index (χ3v) is 15.0. The Morgan fingerprint density at radius 1 is 0.915 bits per heavy atom. The predicted octanol–water partition coefficient (Wildman–Crippen LogP) is 7.25. The molecule has 3 aromatic carbocycles. The molecule has 0 spiro atoms. The summed E-state index contributed by atoms with van der Waals surface area (Å²) in [7, 11) is 3.19. The molecule has 1 saturated carbocycles. The molecule has 59 heavy (non-hydrogen) atoms. The maximum atomic E-state index is 15.2. The predicted molar refractivity (Wildman–Crippen MR) is 225 cm³/mol. The molecule has 2 aromatic heterocycles. The van der Waals surface area contributed by atoms with Crippen LogP contribution in [-0.2, 0) is 31.0 Å². The number of aromatic nitrogens is 2. The number of nitrogens with zero attached hydrogens (tertiary/aromatic N) is 5. The fraction of sp³-hybridized carbons (Fsp3) is 0.356. The minimum absolute atomic E-state index is 0.106. The Labute approximate surface area is 349 Å². The zero-order valence-corrected chi connectivity index (χ0v) is 34.5. The van der Waals surface area contributed by atoms with Gasteiger partial charge in [0.25, 0.3) is 0 Å². The number of carbonyl (C=O) groups is 4. The number of halogens is 1. The van der Waals surface area contributed by atoms with Crippen LogP contribution in [0.1, 0.15) is 36.8 Å². The lowest BCUT2D eigenvalue weighted by atomic mass is 9.51. The maximum absolute atomic E-state index is 15.2. The van der Waals surface area contributed by atoms with E-state index in [0.717, 1.165) is 44.9 Å². The van der Waals surface area contributed by atoms with Crippen LogP contribution < -0.4 is 19.4 Å². The summed E-state index contributed by atoms with van der Waals surface area (Å²) in [5.41, 5.74) is 3.27. The zero-order valence-electron chi connectivity index (χ0n) is 33.0. The van der Waals surface area contributed by atoms with E-state index in [2.05, 4.69) is 4.90 Å². The zero-order chi connectivity index (χ0) is 41.1. The molecule has 2 aliphatic carbocycles. The molecule has 4 fully saturated rings. The molecule has 6 unspecified atom stereocenters. The van der Waals surface area contributed by atoms with Gasteiger partial charge in [-0.05, 0) is 104 Å². The highest BCUT2D eigenvalue weighted by molar-refractivity contribution is 7.22. The lowest BCUT2D eigenvalue weighted by Gasteiger charge is -2.49. The number of ether oxygens (including phenoxy) is 2. The number of fused-ring (bicyclic) bond motifs is 5. The molecule has 0 bridgehead atoms. The number of phenolic OH excluding ortho intramolecular Hbond substituents is 1. The maximum Gasteiger partial charge on any atom is 0.242 e. The summed E-state index contributed by atoms with van der Waals surface area (Å²) in [5.74, 6) is -4.25. The van der Waals surface area contributed by atoms with Crippen molar-refractivity contribution in [2.75, 3.05) is 48.1 Å². The average molecular weight is 832 g/mol. The van der Waals surface area contributed by atoms with E-state index in [9.17, 15) is 19.5 Å². The fourth-order valence-electron chi connectivity index (χ4n) is 10.6. The first-order chi connectivity index (χ1) is 28.4. The number of carbonyl (C=O) groups excluding carboxylic acids is 4. The Morgan fingerprint density at radius 2 is 1.66 bits per heavy atom. The van der Waals surface area contributed by atoms with Gasteiger partial charge in [0.1, 0.15) is 11.5 Å². The van der Waals surface area contributed by atoms with E-state index in [4.69, 9.17) is 26.2 Å². The summed E-state index contributed by atoms with van der Waals surface area (Å²) in [6, 6.07) is 20.1. The van der Waals surface area contributed by atoms with Crippen LogP contribution in [0.4, 0.5) is 17.2 Å². The molecule has 10 rings (SSSR count). The van der Waals surface area contributed by atoms with Gasteiger partial charge in [-0.3, -0.25) is 28.8 Å². The number of anilines is 3. The summed E-state index contributed by atoms with van der Waals surface area (Å²) in [4.78, 5) is 64.8. The Kier molecular flexibility index (Phi) is 8.82. The highest BCUT2D eigenvalue weighted by Crippen LogP contribution is 2.64. The van der Waals surface area contributed by atoms with Gasteiger partial charge in [-0.25, -0.2) is 4.90 Å². The Balaban J connectivity index is 1.04. The standard InChI is InChI=1S/C45H42ClN5O7S/c1-23-30-20-25(46)6-14-36(30)59-40(23)33-22-37(48(3)47-33)51-42(54)32-21-31-28(39(45(32,2)44(51)56)24-5-13-35(57-4)34(52)19-24)11-12-29-38(31)43(55)50(41(29)53)27-9-7-26(8-10-27)49-15-17-58-18-16-49/h5-11,13-14,19-20,22,29,31-32,38-39,52H,12,15-18,21H2,1-4H3. The number of imide groups is 2. The SMILES string of the molecule is COc1ccc(C2C3=CCC4C(=O)N(c5ccc(N6CCOCC6)cc5)C(=O)C4C3CC3C(=O)N(c4cc(-c5sc6ccc(Cl)cc6c5C)nn4C)C(=O)C32C)cc1O. The molecule has 1 N–H and O–H groups in total. The van der Waals surface area contributed by atoms with E-state index in [-0.39, 0.29) is 41.5 Å².